The minimum absolute atomic E-state index is 0.210. The number of hydrogen-bond acceptors (Lipinski definition) is 7. The van der Waals surface area contributed by atoms with Crippen molar-refractivity contribution in [3.63, 3.8) is 0 Å². The van der Waals surface area contributed by atoms with Gasteiger partial charge in [0, 0.05) is 23.4 Å². The highest BCUT2D eigenvalue weighted by atomic mass is 16.6. The summed E-state index contributed by atoms with van der Waals surface area (Å²) >= 11 is 0. The summed E-state index contributed by atoms with van der Waals surface area (Å²) < 4.78 is 4.60. The highest BCUT2D eigenvalue weighted by molar-refractivity contribution is 6.11. The maximum atomic E-state index is 12.7. The van der Waals surface area contributed by atoms with Gasteiger partial charge in [0.1, 0.15) is 0 Å². The van der Waals surface area contributed by atoms with Crippen molar-refractivity contribution in [2.45, 2.75) is 122 Å². The van der Waals surface area contributed by atoms with Gasteiger partial charge in [0.15, 0.2) is 5.78 Å². The molecule has 2 aromatic rings. The first-order valence-corrected chi connectivity index (χ1v) is 19.3. The molecule has 0 aromatic heterocycles. The molecule has 0 bridgehead atoms. The van der Waals surface area contributed by atoms with Crippen molar-refractivity contribution in [2.75, 3.05) is 10.6 Å². The van der Waals surface area contributed by atoms with Gasteiger partial charge in [-0.25, -0.2) is 0 Å². The summed E-state index contributed by atoms with van der Waals surface area (Å²) in [4.78, 5) is 71.9. The molecule has 0 unspecified atom stereocenters. The summed E-state index contributed by atoms with van der Waals surface area (Å²) in [5, 5.41) is 15.0. The fraction of sp³-hybridized carbons (Fsp3) is 0.488. The van der Waals surface area contributed by atoms with E-state index in [-0.39, 0.29) is 42.7 Å². The zero-order valence-electron chi connectivity index (χ0n) is 30.9. The summed E-state index contributed by atoms with van der Waals surface area (Å²) in [5.74, 6) is -4.37. The Kier molecular flexibility index (Phi) is 20.2. The number of nitrogens with one attached hydrogen (secondary N) is 2. The topological polar surface area (TPSA) is 156 Å². The average Bonchev–Trinajstić information content (AvgIpc) is 3.46. The van der Waals surface area contributed by atoms with Crippen LogP contribution in [0.25, 0.3) is 0 Å². The van der Waals surface area contributed by atoms with Gasteiger partial charge in [0.05, 0.1) is 24.7 Å². The van der Waals surface area contributed by atoms with Crippen LogP contribution in [0.3, 0.4) is 0 Å². The molecule has 1 aliphatic heterocycles. The minimum Gasteiger partial charge on any atom is -0.481 e. The molecule has 10 nitrogen and oxygen atoms in total. The molecule has 1 saturated heterocycles. The number of benzene rings is 2. The third kappa shape index (κ3) is 18.5. The Morgan fingerprint density at radius 1 is 0.717 bits per heavy atom. The Morgan fingerprint density at radius 3 is 1.91 bits per heavy atom. The Bertz CT molecular complexity index is 1530. The second-order valence-electron chi connectivity index (χ2n) is 13.8. The van der Waals surface area contributed by atoms with Crippen molar-refractivity contribution >= 4 is 46.9 Å². The van der Waals surface area contributed by atoms with Crippen LogP contribution < -0.4 is 10.6 Å². The first-order chi connectivity index (χ1) is 25.7. The number of allylic oxidation sites excluding steroid dienone is 3. The lowest BCUT2D eigenvalue weighted by molar-refractivity contribution is -0.153. The van der Waals surface area contributed by atoms with E-state index >= 15 is 0 Å². The second-order valence-corrected chi connectivity index (χ2v) is 13.8. The Hall–Kier alpha value is -4.86. The lowest BCUT2D eigenvalue weighted by Gasteiger charge is -2.10. The first kappa shape index (κ1) is 42.6. The number of para-hydroxylation sites is 1. The third-order valence-corrected chi connectivity index (χ3v) is 9.29. The van der Waals surface area contributed by atoms with Gasteiger partial charge >= 0.3 is 17.9 Å². The number of carbonyl (C=O) groups excluding carboxylic acids is 5. The molecule has 2 atom stereocenters. The van der Waals surface area contributed by atoms with E-state index in [1.54, 1.807) is 48.5 Å². The Labute approximate surface area is 313 Å². The van der Waals surface area contributed by atoms with Crippen LogP contribution in [0.4, 0.5) is 11.4 Å². The van der Waals surface area contributed by atoms with Crippen LogP contribution in [-0.4, -0.2) is 40.6 Å². The van der Waals surface area contributed by atoms with E-state index in [1.165, 1.54) is 76.4 Å². The maximum Gasteiger partial charge on any atom is 0.317 e. The number of aliphatic carboxylic acids is 1. The van der Waals surface area contributed by atoms with E-state index in [0.29, 0.717) is 11.4 Å². The molecule has 0 saturated carbocycles. The van der Waals surface area contributed by atoms with Crippen LogP contribution in [0.5, 0.6) is 0 Å². The Morgan fingerprint density at radius 2 is 1.30 bits per heavy atom. The molecule has 1 aliphatic rings. The van der Waals surface area contributed by atoms with Gasteiger partial charge in [0.25, 0.3) is 0 Å². The number of anilines is 2. The van der Waals surface area contributed by atoms with E-state index in [9.17, 15) is 33.9 Å². The monoisotopic (exact) mass is 728 g/mol. The van der Waals surface area contributed by atoms with Crippen LogP contribution >= 0.6 is 0 Å². The lowest BCUT2D eigenvalue weighted by atomic mass is 9.98. The SMILES string of the molecule is O=C(CC(=O)c1cccc(NC(=O)C[C@@H](/C=C\C=C/CCCCCCCCCCCCCCCC[C@@H]2CC(=O)OC2=O)C(=O)O)c1)Nc1ccccc1. The van der Waals surface area contributed by atoms with Crippen LogP contribution in [-0.2, 0) is 28.7 Å². The number of carboxylic acids is 1. The zero-order valence-corrected chi connectivity index (χ0v) is 30.9. The number of Topliss-reactive ketones (excluding diaryl/α,β-unsaturated/α-hetero) is 1. The van der Waals surface area contributed by atoms with E-state index in [1.807, 2.05) is 18.2 Å². The van der Waals surface area contributed by atoms with Crippen LogP contribution in [0.1, 0.15) is 132 Å². The molecule has 53 heavy (non-hydrogen) atoms. The van der Waals surface area contributed by atoms with Crippen molar-refractivity contribution in [2.24, 2.45) is 11.8 Å². The summed E-state index contributed by atoms with van der Waals surface area (Å²) in [6.07, 6.45) is 25.3. The van der Waals surface area contributed by atoms with E-state index < -0.39 is 29.5 Å². The fourth-order valence-electron chi connectivity index (χ4n) is 6.28. The molecule has 2 amide bonds. The van der Waals surface area contributed by atoms with Crippen molar-refractivity contribution in [3.8, 4) is 0 Å². The molecule has 0 radical (unpaired) electrons. The maximum absolute atomic E-state index is 12.7. The highest BCUT2D eigenvalue weighted by Crippen LogP contribution is 2.23. The molecule has 1 heterocycles. The molecule has 0 spiro atoms. The van der Waals surface area contributed by atoms with Crippen molar-refractivity contribution in [1.82, 2.24) is 0 Å². The molecule has 0 aliphatic carbocycles. The summed E-state index contributed by atoms with van der Waals surface area (Å²) in [6, 6.07) is 15.1. The van der Waals surface area contributed by atoms with Crippen LogP contribution in [0.15, 0.2) is 78.9 Å². The largest absolute Gasteiger partial charge is 0.481 e. The number of cyclic esters (lactones) is 2. The van der Waals surface area contributed by atoms with Gasteiger partial charge in [-0.05, 0) is 43.5 Å². The molecule has 3 N–H and O–H groups in total. The lowest BCUT2D eigenvalue weighted by Crippen LogP contribution is -2.21. The third-order valence-electron chi connectivity index (χ3n) is 9.29. The number of ether oxygens (including phenoxy) is 1. The molecular weight excluding hydrogens is 672 g/mol. The van der Waals surface area contributed by atoms with Gasteiger partial charge in [-0.2, -0.15) is 0 Å². The summed E-state index contributed by atoms with van der Waals surface area (Å²) in [6.45, 7) is 0. The van der Waals surface area contributed by atoms with Crippen molar-refractivity contribution < 1.29 is 38.6 Å². The number of ketones is 1. The second kappa shape index (κ2) is 25.2. The van der Waals surface area contributed by atoms with Crippen LogP contribution in [0.2, 0.25) is 0 Å². The molecule has 286 valence electrons. The van der Waals surface area contributed by atoms with Gasteiger partial charge in [-0.3, -0.25) is 28.8 Å². The summed E-state index contributed by atoms with van der Waals surface area (Å²) in [5.41, 5.74) is 1.20. The quantitative estimate of drug-likeness (QED) is 0.0270. The highest BCUT2D eigenvalue weighted by Gasteiger charge is 2.32. The van der Waals surface area contributed by atoms with Gasteiger partial charge in [-0.15, -0.1) is 0 Å². The standard InChI is InChI=1S/C43H56N2O8/c46-38(32-40(48)44-36-26-20-17-21-27-36)33-25-22-28-37(29-33)45-39(47)30-34(42(50)51)23-18-15-13-11-9-7-5-3-1-2-4-6-8-10-12-14-16-19-24-35-31-41(49)53-43(35)52/h13,15,17-18,20-23,25-29,34-35H,1-12,14,16,19,24,30-32H2,(H,44,48)(H,45,47)(H,50,51)/b15-13-,23-18-/t34-,35-/m1/s1. The smallest absolute Gasteiger partial charge is 0.317 e. The Balaban J connectivity index is 1.18. The van der Waals surface area contributed by atoms with Gasteiger partial charge in [0.2, 0.25) is 11.8 Å². The fourth-order valence-corrected chi connectivity index (χ4v) is 6.28. The average molecular weight is 729 g/mol. The van der Waals surface area contributed by atoms with Crippen molar-refractivity contribution in [1.29, 1.82) is 0 Å². The zero-order chi connectivity index (χ0) is 38.1. The molecule has 3 rings (SSSR count). The molecule has 2 aromatic carbocycles. The van der Waals surface area contributed by atoms with E-state index in [4.69, 9.17) is 0 Å². The number of rotatable bonds is 27. The van der Waals surface area contributed by atoms with Gasteiger partial charge in [-0.1, -0.05) is 138 Å². The molecular formula is C43H56N2O8. The number of amides is 2. The predicted octanol–water partition coefficient (Wildman–Crippen LogP) is 9.37. The van der Waals surface area contributed by atoms with Crippen LogP contribution in [0, 0.1) is 11.8 Å². The van der Waals surface area contributed by atoms with Crippen molar-refractivity contribution in [3.05, 3.63) is 84.5 Å². The predicted molar refractivity (Wildman–Crippen MR) is 206 cm³/mol. The number of carbonyl (C=O) groups is 6. The van der Waals surface area contributed by atoms with E-state index in [0.717, 1.165) is 38.5 Å². The summed E-state index contributed by atoms with van der Waals surface area (Å²) in [7, 11) is 0. The number of unbranched alkanes of at least 4 members (excludes halogenated alkanes) is 14. The molecule has 10 heteroatoms. The number of esters is 2. The molecule has 1 fully saturated rings. The number of carboxylic acid groups (broad SMARTS) is 1. The van der Waals surface area contributed by atoms with E-state index in [2.05, 4.69) is 15.4 Å². The normalized spacial score (nSPS) is 14.8. The number of hydrogen-bond donors (Lipinski definition) is 3. The first-order valence-electron chi connectivity index (χ1n) is 19.3. The minimum atomic E-state index is -1.10. The van der Waals surface area contributed by atoms with Gasteiger partial charge < -0.3 is 20.5 Å².